The first-order valence-corrected chi connectivity index (χ1v) is 11.0. The molecule has 0 aliphatic heterocycles. The van der Waals surface area contributed by atoms with Gasteiger partial charge in [0.15, 0.2) is 0 Å². The summed E-state index contributed by atoms with van der Waals surface area (Å²) in [6.45, 7) is 4.52. The van der Waals surface area contributed by atoms with Crippen molar-refractivity contribution < 1.29 is 0 Å². The van der Waals surface area contributed by atoms with E-state index in [0.717, 1.165) is 12.3 Å². The van der Waals surface area contributed by atoms with Gasteiger partial charge in [0.25, 0.3) is 0 Å². The minimum atomic E-state index is 0.928. The quantitative estimate of drug-likeness (QED) is 0.399. The fourth-order valence-corrected chi connectivity index (χ4v) is 4.34. The third kappa shape index (κ3) is 5.22. The molecule has 0 fully saturated rings. The molecule has 1 aliphatic carbocycles. The van der Waals surface area contributed by atoms with Gasteiger partial charge in [0.05, 0.1) is 0 Å². The highest BCUT2D eigenvalue weighted by Gasteiger charge is 2.15. The predicted octanol–water partition coefficient (Wildman–Crippen LogP) is 8.34. The highest BCUT2D eigenvalue weighted by atomic mass is 14.2. The molecule has 0 nitrogen and oxygen atoms in total. The van der Waals surface area contributed by atoms with Crippen LogP contribution in [0, 0.1) is 5.92 Å². The van der Waals surface area contributed by atoms with Crippen molar-refractivity contribution in [2.24, 2.45) is 5.92 Å². The van der Waals surface area contributed by atoms with Crippen LogP contribution in [0.4, 0.5) is 0 Å². The first-order valence-electron chi connectivity index (χ1n) is 11.0. The lowest BCUT2D eigenvalue weighted by Gasteiger charge is -2.22. The summed E-state index contributed by atoms with van der Waals surface area (Å²) in [5, 5.41) is 2.76. The largest absolute Gasteiger partial charge is 0.0804 e. The third-order valence-electron chi connectivity index (χ3n) is 6.17. The lowest BCUT2D eigenvalue weighted by molar-refractivity contribution is 0.423. The van der Waals surface area contributed by atoms with E-state index in [4.69, 9.17) is 0 Å². The van der Waals surface area contributed by atoms with Crippen molar-refractivity contribution in [1.82, 2.24) is 0 Å². The van der Waals surface area contributed by atoms with Crippen LogP contribution in [-0.4, -0.2) is 0 Å². The molecule has 1 aliphatic rings. The molecular weight excluding hydrogens is 312 g/mol. The number of aryl methyl sites for hydroxylation is 1. The Hall–Kier alpha value is -1.56. The highest BCUT2D eigenvalue weighted by Crippen LogP contribution is 2.34. The number of fused-ring (bicyclic) bond motifs is 1. The molecule has 2 aromatic rings. The van der Waals surface area contributed by atoms with Crippen LogP contribution in [0.1, 0.15) is 89.2 Å². The van der Waals surface area contributed by atoms with Crippen molar-refractivity contribution in [2.75, 3.05) is 0 Å². The Bertz CT molecular complexity index is 722. The topological polar surface area (TPSA) is 0 Å². The number of hydrogen-bond acceptors (Lipinski definition) is 0. The van der Waals surface area contributed by atoms with E-state index in [9.17, 15) is 0 Å². The van der Waals surface area contributed by atoms with Gasteiger partial charge in [-0.2, -0.15) is 0 Å². The third-order valence-corrected chi connectivity index (χ3v) is 6.17. The van der Waals surface area contributed by atoms with Crippen LogP contribution in [0.3, 0.4) is 0 Å². The van der Waals surface area contributed by atoms with Gasteiger partial charge in [-0.25, -0.2) is 0 Å². The summed E-state index contributed by atoms with van der Waals surface area (Å²) >= 11 is 0. The van der Waals surface area contributed by atoms with Crippen molar-refractivity contribution >= 4 is 16.3 Å². The van der Waals surface area contributed by atoms with Crippen molar-refractivity contribution in [1.29, 1.82) is 0 Å². The van der Waals surface area contributed by atoms with Gasteiger partial charge in [-0.05, 0) is 65.1 Å². The smallest absolute Gasteiger partial charge is 0.0178 e. The number of allylic oxidation sites excluding steroid dienone is 2. The maximum absolute atomic E-state index is 2.53. The standard InChI is InChI=1S/C26H36/c1-3-5-6-7-8-9-10-22-12-14-23(15-13-22)25-18-17-24-19-21(4-2)11-16-26(24)20-25/h11,14,16-20,22H,3-10,12-13,15H2,1-2H3. The van der Waals surface area contributed by atoms with Crippen molar-refractivity contribution in [3.05, 3.63) is 53.6 Å². The molecule has 0 radical (unpaired) electrons. The molecule has 1 unspecified atom stereocenters. The van der Waals surface area contributed by atoms with E-state index in [1.807, 2.05) is 0 Å². The predicted molar refractivity (Wildman–Crippen MR) is 117 cm³/mol. The zero-order valence-corrected chi connectivity index (χ0v) is 16.9. The molecule has 2 aromatic carbocycles. The van der Waals surface area contributed by atoms with E-state index in [1.54, 1.807) is 5.57 Å². The SMILES string of the molecule is CCCCCCCCC1CC=C(c2ccc3cc(CC)ccc3c2)CC1. The van der Waals surface area contributed by atoms with Gasteiger partial charge >= 0.3 is 0 Å². The van der Waals surface area contributed by atoms with Gasteiger partial charge in [0.2, 0.25) is 0 Å². The van der Waals surface area contributed by atoms with Crippen LogP contribution in [-0.2, 0) is 6.42 Å². The van der Waals surface area contributed by atoms with E-state index in [0.29, 0.717) is 0 Å². The highest BCUT2D eigenvalue weighted by molar-refractivity contribution is 5.87. The lowest BCUT2D eigenvalue weighted by atomic mass is 9.83. The Kier molecular flexibility index (Phi) is 7.35. The summed E-state index contributed by atoms with van der Waals surface area (Å²) in [6.07, 6.45) is 17.6. The Morgan fingerprint density at radius 3 is 2.38 bits per heavy atom. The van der Waals surface area contributed by atoms with Crippen molar-refractivity contribution in [3.63, 3.8) is 0 Å². The molecule has 1 atom stereocenters. The Labute approximate surface area is 160 Å². The summed E-state index contributed by atoms with van der Waals surface area (Å²) in [5.74, 6) is 0.928. The van der Waals surface area contributed by atoms with Gasteiger partial charge < -0.3 is 0 Å². The second-order valence-corrected chi connectivity index (χ2v) is 8.18. The molecule has 0 aromatic heterocycles. The van der Waals surface area contributed by atoms with Crippen LogP contribution >= 0.6 is 0 Å². The van der Waals surface area contributed by atoms with E-state index < -0.39 is 0 Å². The van der Waals surface area contributed by atoms with Gasteiger partial charge in [0.1, 0.15) is 0 Å². The second-order valence-electron chi connectivity index (χ2n) is 8.18. The summed E-state index contributed by atoms with van der Waals surface area (Å²) in [6, 6.07) is 14.0. The number of rotatable bonds is 9. The minimum Gasteiger partial charge on any atom is -0.0804 e. The summed E-state index contributed by atoms with van der Waals surface area (Å²) < 4.78 is 0. The van der Waals surface area contributed by atoms with E-state index in [-0.39, 0.29) is 0 Å². The molecule has 0 bridgehead atoms. The molecule has 0 heterocycles. The monoisotopic (exact) mass is 348 g/mol. The van der Waals surface area contributed by atoms with Crippen LogP contribution in [0.2, 0.25) is 0 Å². The molecule has 0 N–H and O–H groups in total. The van der Waals surface area contributed by atoms with Crippen LogP contribution in [0.25, 0.3) is 16.3 Å². The second kappa shape index (κ2) is 9.95. The average Bonchev–Trinajstić information content (AvgIpc) is 2.70. The molecule has 140 valence electrons. The maximum atomic E-state index is 2.53. The lowest BCUT2D eigenvalue weighted by Crippen LogP contribution is -2.05. The molecule has 0 heteroatoms. The molecule has 0 saturated carbocycles. The normalized spacial score (nSPS) is 17.5. The molecule has 26 heavy (non-hydrogen) atoms. The zero-order chi connectivity index (χ0) is 18.2. The average molecular weight is 349 g/mol. The zero-order valence-electron chi connectivity index (χ0n) is 16.9. The van der Waals surface area contributed by atoms with Crippen molar-refractivity contribution in [2.45, 2.75) is 84.5 Å². The molecule has 0 spiro atoms. The van der Waals surface area contributed by atoms with E-state index in [2.05, 4.69) is 56.3 Å². The molecule has 0 amide bonds. The van der Waals surface area contributed by atoms with Crippen LogP contribution in [0.15, 0.2) is 42.5 Å². The molecular formula is C26H36. The fourth-order valence-electron chi connectivity index (χ4n) is 4.34. The number of benzene rings is 2. The molecule has 3 rings (SSSR count). The molecule has 0 saturated heterocycles. The van der Waals surface area contributed by atoms with Gasteiger partial charge in [-0.1, -0.05) is 95.2 Å². The number of unbranched alkanes of at least 4 members (excludes halogenated alkanes) is 5. The van der Waals surface area contributed by atoms with Crippen LogP contribution in [0.5, 0.6) is 0 Å². The number of hydrogen-bond donors (Lipinski definition) is 0. The van der Waals surface area contributed by atoms with Gasteiger partial charge in [-0.3, -0.25) is 0 Å². The van der Waals surface area contributed by atoms with Crippen LogP contribution < -0.4 is 0 Å². The fraction of sp³-hybridized carbons (Fsp3) is 0.538. The summed E-state index contributed by atoms with van der Waals surface area (Å²) in [7, 11) is 0. The van der Waals surface area contributed by atoms with Crippen molar-refractivity contribution in [3.8, 4) is 0 Å². The Balaban J connectivity index is 1.53. The first kappa shape index (κ1) is 19.2. The summed E-state index contributed by atoms with van der Waals surface area (Å²) in [5.41, 5.74) is 4.45. The van der Waals surface area contributed by atoms with E-state index in [1.165, 1.54) is 86.1 Å². The Morgan fingerprint density at radius 1 is 0.846 bits per heavy atom. The van der Waals surface area contributed by atoms with E-state index >= 15 is 0 Å². The maximum Gasteiger partial charge on any atom is -0.0178 e. The van der Waals surface area contributed by atoms with Gasteiger partial charge in [0, 0.05) is 0 Å². The first-order chi connectivity index (χ1) is 12.8. The minimum absolute atomic E-state index is 0.928. The Morgan fingerprint density at radius 2 is 1.62 bits per heavy atom. The summed E-state index contributed by atoms with van der Waals surface area (Å²) in [4.78, 5) is 0. The van der Waals surface area contributed by atoms with Gasteiger partial charge in [-0.15, -0.1) is 0 Å².